The summed E-state index contributed by atoms with van der Waals surface area (Å²) < 4.78 is 42.5. The quantitative estimate of drug-likeness (QED) is 0.516. The average Bonchev–Trinajstić information content (AvgIpc) is 3.09. The van der Waals surface area contributed by atoms with Crippen molar-refractivity contribution < 1.29 is 17.6 Å². The van der Waals surface area contributed by atoms with E-state index in [1.807, 2.05) is 36.3 Å². The van der Waals surface area contributed by atoms with Crippen LogP contribution in [0.3, 0.4) is 0 Å². The molecule has 1 aliphatic heterocycles. The molecule has 0 amide bonds. The first-order valence-electron chi connectivity index (χ1n) is 10.9. The average molecular weight is 470 g/mol. The van der Waals surface area contributed by atoms with E-state index in [1.165, 1.54) is 16.4 Å². The van der Waals surface area contributed by atoms with Gasteiger partial charge in [0, 0.05) is 48.8 Å². The number of aromatic nitrogens is 1. The van der Waals surface area contributed by atoms with Gasteiger partial charge in [-0.25, -0.2) is 12.8 Å². The SMILES string of the molecule is Cc1ccc(S(=O)(=O)N2CCN(CC(=O)c3cc(C)n(-c4ccc(F)cc4)c3C)CC2)cc1. The van der Waals surface area contributed by atoms with Crippen molar-refractivity contribution in [1.29, 1.82) is 0 Å². The van der Waals surface area contributed by atoms with Crippen LogP contribution < -0.4 is 0 Å². The largest absolute Gasteiger partial charge is 0.318 e. The summed E-state index contributed by atoms with van der Waals surface area (Å²) in [6.07, 6.45) is 0. The Morgan fingerprint density at radius 3 is 2.12 bits per heavy atom. The lowest BCUT2D eigenvalue weighted by molar-refractivity contribution is 0.0901. The monoisotopic (exact) mass is 469 g/mol. The molecule has 0 aliphatic carbocycles. The van der Waals surface area contributed by atoms with Gasteiger partial charge in [0.1, 0.15) is 5.82 Å². The van der Waals surface area contributed by atoms with Crippen LogP contribution in [0.4, 0.5) is 4.39 Å². The second-order valence-corrected chi connectivity index (χ2v) is 10.5. The van der Waals surface area contributed by atoms with E-state index in [4.69, 9.17) is 0 Å². The number of hydrogen-bond donors (Lipinski definition) is 0. The number of sulfonamides is 1. The molecule has 3 aromatic rings. The van der Waals surface area contributed by atoms with Crippen molar-refractivity contribution in [3.05, 3.63) is 82.9 Å². The van der Waals surface area contributed by atoms with E-state index in [2.05, 4.69) is 0 Å². The number of carbonyl (C=O) groups is 1. The van der Waals surface area contributed by atoms with E-state index in [0.717, 1.165) is 22.6 Å². The van der Waals surface area contributed by atoms with Crippen molar-refractivity contribution in [2.24, 2.45) is 0 Å². The maximum atomic E-state index is 13.3. The van der Waals surface area contributed by atoms with Crippen LogP contribution in [0.25, 0.3) is 5.69 Å². The van der Waals surface area contributed by atoms with Crippen molar-refractivity contribution in [2.75, 3.05) is 32.7 Å². The van der Waals surface area contributed by atoms with Crippen LogP contribution >= 0.6 is 0 Å². The molecular formula is C25H28FN3O3S. The Hall–Kier alpha value is -2.81. The van der Waals surface area contributed by atoms with Crippen LogP contribution in [-0.4, -0.2) is 60.7 Å². The molecule has 1 aliphatic rings. The van der Waals surface area contributed by atoms with Gasteiger partial charge in [0.2, 0.25) is 10.0 Å². The maximum absolute atomic E-state index is 13.3. The molecule has 0 bridgehead atoms. The lowest BCUT2D eigenvalue weighted by Gasteiger charge is -2.33. The molecule has 0 radical (unpaired) electrons. The minimum atomic E-state index is -3.53. The summed E-state index contributed by atoms with van der Waals surface area (Å²) in [5.41, 5.74) is 4.16. The smallest absolute Gasteiger partial charge is 0.243 e. The molecule has 1 saturated heterocycles. The number of piperazine rings is 1. The minimum Gasteiger partial charge on any atom is -0.318 e. The third-order valence-corrected chi connectivity index (χ3v) is 8.09. The third-order valence-electron chi connectivity index (χ3n) is 6.17. The molecule has 0 N–H and O–H groups in total. The number of nitrogens with zero attached hydrogens (tertiary/aromatic N) is 3. The maximum Gasteiger partial charge on any atom is 0.243 e. The van der Waals surface area contributed by atoms with Crippen molar-refractivity contribution in [2.45, 2.75) is 25.7 Å². The summed E-state index contributed by atoms with van der Waals surface area (Å²) in [5, 5.41) is 0. The molecule has 0 saturated carbocycles. The fourth-order valence-corrected chi connectivity index (χ4v) is 5.73. The highest BCUT2D eigenvalue weighted by molar-refractivity contribution is 7.89. The summed E-state index contributed by atoms with van der Waals surface area (Å²) in [4.78, 5) is 15.4. The molecule has 0 spiro atoms. The molecule has 4 rings (SSSR count). The number of ketones is 1. The van der Waals surface area contributed by atoms with Gasteiger partial charge in [-0.15, -0.1) is 0 Å². The molecule has 1 fully saturated rings. The first-order valence-corrected chi connectivity index (χ1v) is 12.4. The second kappa shape index (κ2) is 9.21. The summed E-state index contributed by atoms with van der Waals surface area (Å²) >= 11 is 0. The zero-order chi connectivity index (χ0) is 23.8. The number of Topliss-reactive ketones (excluding diaryl/α,β-unsaturated/α-hetero) is 1. The normalized spacial score (nSPS) is 15.6. The predicted molar refractivity (Wildman–Crippen MR) is 126 cm³/mol. The number of rotatable bonds is 6. The molecule has 0 atom stereocenters. The highest BCUT2D eigenvalue weighted by atomic mass is 32.2. The van der Waals surface area contributed by atoms with Crippen molar-refractivity contribution in [3.8, 4) is 5.69 Å². The summed E-state index contributed by atoms with van der Waals surface area (Å²) in [5.74, 6) is -0.313. The Morgan fingerprint density at radius 2 is 1.52 bits per heavy atom. The molecule has 174 valence electrons. The summed E-state index contributed by atoms with van der Waals surface area (Å²) in [6, 6.07) is 14.9. The number of carbonyl (C=O) groups excluding carboxylic acids is 1. The Morgan fingerprint density at radius 1 is 0.909 bits per heavy atom. The van der Waals surface area contributed by atoms with Gasteiger partial charge in [-0.1, -0.05) is 17.7 Å². The van der Waals surface area contributed by atoms with Crippen LogP contribution in [-0.2, 0) is 10.0 Å². The number of aryl methyl sites for hydroxylation is 2. The van der Waals surface area contributed by atoms with Crippen LogP contribution in [0, 0.1) is 26.6 Å². The molecule has 1 aromatic heterocycles. The zero-order valence-corrected chi connectivity index (χ0v) is 19.9. The number of benzene rings is 2. The Bertz CT molecular complexity index is 1260. The highest BCUT2D eigenvalue weighted by Crippen LogP contribution is 2.23. The van der Waals surface area contributed by atoms with E-state index in [-0.39, 0.29) is 18.1 Å². The zero-order valence-electron chi connectivity index (χ0n) is 19.1. The number of hydrogen-bond acceptors (Lipinski definition) is 4. The van der Waals surface area contributed by atoms with Gasteiger partial charge in [0.15, 0.2) is 5.78 Å². The van der Waals surface area contributed by atoms with Gasteiger partial charge < -0.3 is 4.57 Å². The summed E-state index contributed by atoms with van der Waals surface area (Å²) in [6.45, 7) is 7.63. The lowest BCUT2D eigenvalue weighted by atomic mass is 10.1. The first-order chi connectivity index (χ1) is 15.7. The number of halogens is 1. The van der Waals surface area contributed by atoms with Gasteiger partial charge in [-0.2, -0.15) is 4.31 Å². The molecular weight excluding hydrogens is 441 g/mol. The molecule has 33 heavy (non-hydrogen) atoms. The lowest BCUT2D eigenvalue weighted by Crippen LogP contribution is -2.49. The summed E-state index contributed by atoms with van der Waals surface area (Å²) in [7, 11) is -3.53. The fraction of sp³-hybridized carbons (Fsp3) is 0.320. The van der Waals surface area contributed by atoms with Crippen molar-refractivity contribution in [1.82, 2.24) is 13.8 Å². The fourth-order valence-electron chi connectivity index (χ4n) is 4.31. The molecule has 6 nitrogen and oxygen atoms in total. The predicted octanol–water partition coefficient (Wildman–Crippen LogP) is 3.73. The van der Waals surface area contributed by atoms with Gasteiger partial charge >= 0.3 is 0 Å². The second-order valence-electron chi connectivity index (χ2n) is 8.51. The Balaban J connectivity index is 1.42. The van der Waals surface area contributed by atoms with Gasteiger partial charge in [-0.3, -0.25) is 9.69 Å². The minimum absolute atomic E-state index is 0.00805. The van der Waals surface area contributed by atoms with Gasteiger partial charge in [0.25, 0.3) is 0 Å². The van der Waals surface area contributed by atoms with Crippen LogP contribution in [0.1, 0.15) is 27.3 Å². The first kappa shape index (κ1) is 23.4. The standard InChI is InChI=1S/C25H28FN3O3S/c1-18-4-10-23(11-5-18)33(31,32)28-14-12-27(13-15-28)17-25(30)24-16-19(2)29(20(24)3)22-8-6-21(26)7-9-22/h4-11,16H,12-15,17H2,1-3H3. The topological polar surface area (TPSA) is 62.6 Å². The van der Waals surface area contributed by atoms with Gasteiger partial charge in [-0.05, 0) is 63.2 Å². The van der Waals surface area contributed by atoms with Gasteiger partial charge in [0.05, 0.1) is 11.4 Å². The van der Waals surface area contributed by atoms with E-state index in [0.29, 0.717) is 36.6 Å². The molecule has 8 heteroatoms. The Kier molecular flexibility index (Phi) is 6.52. The molecule has 0 unspecified atom stereocenters. The van der Waals surface area contributed by atoms with Crippen LogP contribution in [0.15, 0.2) is 59.5 Å². The van der Waals surface area contributed by atoms with E-state index in [1.54, 1.807) is 36.4 Å². The van der Waals surface area contributed by atoms with E-state index >= 15 is 0 Å². The Labute approximate surface area is 194 Å². The van der Waals surface area contributed by atoms with E-state index < -0.39 is 10.0 Å². The van der Waals surface area contributed by atoms with Crippen LogP contribution in [0.2, 0.25) is 0 Å². The third kappa shape index (κ3) is 4.78. The van der Waals surface area contributed by atoms with Crippen molar-refractivity contribution >= 4 is 15.8 Å². The molecule has 2 aromatic carbocycles. The van der Waals surface area contributed by atoms with Crippen molar-refractivity contribution in [3.63, 3.8) is 0 Å². The highest BCUT2D eigenvalue weighted by Gasteiger charge is 2.29. The van der Waals surface area contributed by atoms with E-state index in [9.17, 15) is 17.6 Å². The van der Waals surface area contributed by atoms with Crippen LogP contribution in [0.5, 0.6) is 0 Å². The molecule has 2 heterocycles.